The van der Waals surface area contributed by atoms with E-state index in [-0.39, 0.29) is 23.7 Å². The molecule has 1 rings (SSSR count). The first-order chi connectivity index (χ1) is 8.10. The van der Waals surface area contributed by atoms with Crippen molar-refractivity contribution in [2.75, 3.05) is 19.6 Å². The van der Waals surface area contributed by atoms with Crippen LogP contribution in [0.1, 0.15) is 52.9 Å². The Morgan fingerprint density at radius 2 is 1.89 bits per heavy atom. The summed E-state index contributed by atoms with van der Waals surface area (Å²) in [5, 5.41) is 6.39. The summed E-state index contributed by atoms with van der Waals surface area (Å²) < 4.78 is 0. The summed E-state index contributed by atoms with van der Waals surface area (Å²) in [7, 11) is 0. The van der Waals surface area contributed by atoms with Gasteiger partial charge in [-0.05, 0) is 38.1 Å². The van der Waals surface area contributed by atoms with Crippen molar-refractivity contribution in [3.05, 3.63) is 0 Å². The maximum Gasteiger partial charge on any atom is 0.226 e. The van der Waals surface area contributed by atoms with Crippen molar-refractivity contribution in [2.24, 2.45) is 11.3 Å². The van der Waals surface area contributed by atoms with E-state index < -0.39 is 0 Å². The Morgan fingerprint density at radius 1 is 1.22 bits per heavy atom. The highest BCUT2D eigenvalue weighted by Gasteiger charge is 2.43. The lowest BCUT2D eigenvalue weighted by Crippen LogP contribution is -2.47. The van der Waals surface area contributed by atoms with Gasteiger partial charge in [0.1, 0.15) is 0 Å². The summed E-state index contributed by atoms with van der Waals surface area (Å²) in [4.78, 5) is 12.2. The highest BCUT2D eigenvalue weighted by atomic mass is 35.5. The van der Waals surface area contributed by atoms with Crippen LogP contribution < -0.4 is 10.6 Å². The van der Waals surface area contributed by atoms with Crippen molar-refractivity contribution in [1.82, 2.24) is 10.6 Å². The molecule has 0 unspecified atom stereocenters. The number of nitrogens with one attached hydrogen (secondary N) is 2. The van der Waals surface area contributed by atoms with Gasteiger partial charge in [0.15, 0.2) is 0 Å². The second kappa shape index (κ2) is 8.76. The first kappa shape index (κ1) is 17.7. The van der Waals surface area contributed by atoms with Crippen LogP contribution in [0.25, 0.3) is 0 Å². The van der Waals surface area contributed by atoms with E-state index in [0.29, 0.717) is 5.92 Å². The normalized spacial score (nSPS) is 16.9. The zero-order valence-corrected chi connectivity index (χ0v) is 12.9. The van der Waals surface area contributed by atoms with E-state index >= 15 is 0 Å². The molecule has 0 aliphatic heterocycles. The van der Waals surface area contributed by atoms with Crippen LogP contribution in [-0.2, 0) is 4.79 Å². The van der Waals surface area contributed by atoms with Gasteiger partial charge in [-0.1, -0.05) is 27.2 Å². The third kappa shape index (κ3) is 5.15. The minimum Gasteiger partial charge on any atom is -0.354 e. The minimum atomic E-state index is -0.0288. The molecule has 4 heteroatoms. The van der Waals surface area contributed by atoms with Gasteiger partial charge >= 0.3 is 0 Å². The van der Waals surface area contributed by atoms with Crippen LogP contribution in [0.2, 0.25) is 0 Å². The van der Waals surface area contributed by atoms with Gasteiger partial charge in [-0.15, -0.1) is 12.4 Å². The van der Waals surface area contributed by atoms with Gasteiger partial charge in [-0.2, -0.15) is 0 Å². The Bertz CT molecular complexity index is 240. The largest absolute Gasteiger partial charge is 0.354 e. The molecule has 1 saturated carbocycles. The lowest BCUT2D eigenvalue weighted by atomic mass is 9.64. The monoisotopic (exact) mass is 276 g/mol. The highest BCUT2D eigenvalue weighted by Crippen LogP contribution is 2.45. The van der Waals surface area contributed by atoms with Gasteiger partial charge in [0.05, 0.1) is 0 Å². The van der Waals surface area contributed by atoms with Crippen molar-refractivity contribution < 1.29 is 4.79 Å². The molecule has 0 heterocycles. The molecular formula is C14H29ClN2O. The average Bonchev–Trinajstić information content (AvgIpc) is 2.22. The molecule has 1 amide bonds. The molecular weight excluding hydrogens is 248 g/mol. The van der Waals surface area contributed by atoms with Crippen LogP contribution in [0, 0.1) is 11.3 Å². The van der Waals surface area contributed by atoms with Crippen molar-refractivity contribution in [2.45, 2.75) is 52.9 Å². The average molecular weight is 277 g/mol. The molecule has 0 atom stereocenters. The van der Waals surface area contributed by atoms with E-state index in [1.807, 2.05) is 0 Å². The molecule has 0 bridgehead atoms. The van der Waals surface area contributed by atoms with E-state index in [2.05, 4.69) is 31.4 Å². The Kier molecular flexibility index (Phi) is 8.62. The van der Waals surface area contributed by atoms with E-state index in [1.54, 1.807) is 0 Å². The summed E-state index contributed by atoms with van der Waals surface area (Å²) in [5.41, 5.74) is -0.0288. The zero-order chi connectivity index (χ0) is 12.7. The fraction of sp³-hybridized carbons (Fsp3) is 0.929. The van der Waals surface area contributed by atoms with Crippen molar-refractivity contribution in [1.29, 1.82) is 0 Å². The maximum atomic E-state index is 12.2. The van der Waals surface area contributed by atoms with E-state index in [1.165, 1.54) is 6.42 Å². The zero-order valence-electron chi connectivity index (χ0n) is 12.1. The number of amides is 1. The fourth-order valence-corrected chi connectivity index (χ4v) is 2.66. The van der Waals surface area contributed by atoms with Gasteiger partial charge in [0.2, 0.25) is 5.91 Å². The van der Waals surface area contributed by atoms with Crippen LogP contribution in [-0.4, -0.2) is 25.5 Å². The van der Waals surface area contributed by atoms with Crippen LogP contribution in [0.5, 0.6) is 0 Å². The molecule has 0 radical (unpaired) electrons. The Hall–Kier alpha value is -0.280. The molecule has 0 saturated heterocycles. The first-order valence-corrected chi connectivity index (χ1v) is 7.10. The number of carbonyl (C=O) groups is 1. The Labute approximate surface area is 118 Å². The first-order valence-electron chi connectivity index (χ1n) is 7.10. The van der Waals surface area contributed by atoms with E-state index in [0.717, 1.165) is 45.3 Å². The molecule has 2 N–H and O–H groups in total. The number of hydrogen-bond donors (Lipinski definition) is 2. The molecule has 3 nitrogen and oxygen atoms in total. The maximum absolute atomic E-state index is 12.2. The second-order valence-corrected chi connectivity index (χ2v) is 5.74. The summed E-state index contributed by atoms with van der Waals surface area (Å²) >= 11 is 0. The van der Waals surface area contributed by atoms with Crippen LogP contribution in [0.3, 0.4) is 0 Å². The number of halogens is 1. The van der Waals surface area contributed by atoms with E-state index in [9.17, 15) is 4.79 Å². The SMILES string of the molecule is CCCNCCNC(=O)C1(CC(C)C)CCC1.Cl. The van der Waals surface area contributed by atoms with Gasteiger partial charge in [-0.3, -0.25) is 4.79 Å². The molecule has 0 aromatic carbocycles. The molecule has 0 aromatic heterocycles. The lowest BCUT2D eigenvalue weighted by Gasteiger charge is -2.41. The van der Waals surface area contributed by atoms with Crippen molar-refractivity contribution in [3.63, 3.8) is 0 Å². The summed E-state index contributed by atoms with van der Waals surface area (Å²) in [6.07, 6.45) is 5.57. The fourth-order valence-electron chi connectivity index (χ4n) is 2.66. The van der Waals surface area contributed by atoms with Crippen LogP contribution >= 0.6 is 12.4 Å². The quantitative estimate of drug-likeness (QED) is 0.670. The molecule has 1 fully saturated rings. The second-order valence-electron chi connectivity index (χ2n) is 5.74. The van der Waals surface area contributed by atoms with Crippen LogP contribution in [0.15, 0.2) is 0 Å². The standard InChI is InChI=1S/C14H28N2O.ClH/c1-4-8-15-9-10-16-13(17)14(6-5-7-14)11-12(2)3;/h12,15H,4-11H2,1-3H3,(H,16,17);1H. The molecule has 18 heavy (non-hydrogen) atoms. The number of carbonyl (C=O) groups excluding carboxylic acids is 1. The number of hydrogen-bond acceptors (Lipinski definition) is 2. The predicted molar refractivity (Wildman–Crippen MR) is 79.2 cm³/mol. The number of rotatable bonds is 8. The van der Waals surface area contributed by atoms with Crippen LogP contribution in [0.4, 0.5) is 0 Å². The molecule has 0 aromatic rings. The van der Waals surface area contributed by atoms with Crippen molar-refractivity contribution in [3.8, 4) is 0 Å². The van der Waals surface area contributed by atoms with Gasteiger partial charge in [0.25, 0.3) is 0 Å². The van der Waals surface area contributed by atoms with Gasteiger partial charge in [-0.25, -0.2) is 0 Å². The van der Waals surface area contributed by atoms with Gasteiger partial charge in [0, 0.05) is 18.5 Å². The third-order valence-electron chi connectivity index (χ3n) is 3.61. The molecule has 0 spiro atoms. The molecule has 1 aliphatic rings. The smallest absolute Gasteiger partial charge is 0.226 e. The molecule has 108 valence electrons. The Balaban J connectivity index is 0.00000289. The molecule has 1 aliphatic carbocycles. The van der Waals surface area contributed by atoms with Gasteiger partial charge < -0.3 is 10.6 Å². The third-order valence-corrected chi connectivity index (χ3v) is 3.61. The topological polar surface area (TPSA) is 41.1 Å². The summed E-state index contributed by atoms with van der Waals surface area (Å²) in [5.74, 6) is 0.898. The summed E-state index contributed by atoms with van der Waals surface area (Å²) in [6.45, 7) is 9.24. The summed E-state index contributed by atoms with van der Waals surface area (Å²) in [6, 6.07) is 0. The predicted octanol–water partition coefficient (Wildman–Crippen LogP) is 2.74. The highest BCUT2D eigenvalue weighted by molar-refractivity contribution is 5.85. The van der Waals surface area contributed by atoms with Crippen molar-refractivity contribution >= 4 is 18.3 Å². The Morgan fingerprint density at radius 3 is 2.33 bits per heavy atom. The lowest BCUT2D eigenvalue weighted by molar-refractivity contribution is -0.137. The van der Waals surface area contributed by atoms with E-state index in [4.69, 9.17) is 0 Å². The minimum absolute atomic E-state index is 0.